The highest BCUT2D eigenvalue weighted by Gasteiger charge is 2.34. The minimum atomic E-state index is -4.67. The van der Waals surface area contributed by atoms with Crippen LogP contribution in [0.4, 0.5) is 24.5 Å². The standard InChI is InChI=1S/C18H14F3N3O/c19-18(20,21)15-9-14(6-5-13(15)10-22)24-17(25)12-4-3-11-2-1-7-23-16(11)8-12/h3-6,8-9,23H,1-2,7H2,(H,24,25). The van der Waals surface area contributed by atoms with Crippen molar-refractivity contribution in [2.24, 2.45) is 0 Å². The first-order valence-corrected chi connectivity index (χ1v) is 7.68. The van der Waals surface area contributed by atoms with Gasteiger partial charge in [0, 0.05) is 23.5 Å². The number of benzene rings is 2. The second-order valence-electron chi connectivity index (χ2n) is 5.73. The predicted molar refractivity (Wildman–Crippen MR) is 87.4 cm³/mol. The number of rotatable bonds is 2. The first-order chi connectivity index (χ1) is 11.9. The van der Waals surface area contributed by atoms with Crippen LogP contribution in [-0.2, 0) is 12.6 Å². The number of hydrogen-bond donors (Lipinski definition) is 2. The number of fused-ring (bicyclic) bond motifs is 1. The van der Waals surface area contributed by atoms with E-state index in [1.165, 1.54) is 12.1 Å². The number of carbonyl (C=O) groups is 1. The Hall–Kier alpha value is -3.01. The lowest BCUT2D eigenvalue weighted by Gasteiger charge is -2.18. The van der Waals surface area contributed by atoms with Gasteiger partial charge in [-0.05, 0) is 48.7 Å². The molecule has 128 valence electrons. The van der Waals surface area contributed by atoms with Crippen molar-refractivity contribution in [1.82, 2.24) is 0 Å². The molecule has 1 aliphatic heterocycles. The highest BCUT2D eigenvalue weighted by molar-refractivity contribution is 6.05. The molecule has 2 aromatic carbocycles. The summed E-state index contributed by atoms with van der Waals surface area (Å²) in [5.41, 5.74) is 0.770. The number of halogens is 3. The van der Waals surface area contributed by atoms with Gasteiger partial charge in [-0.1, -0.05) is 6.07 Å². The summed E-state index contributed by atoms with van der Waals surface area (Å²) in [6, 6.07) is 9.79. The summed E-state index contributed by atoms with van der Waals surface area (Å²) >= 11 is 0. The van der Waals surface area contributed by atoms with Gasteiger partial charge in [0.15, 0.2) is 0 Å². The van der Waals surface area contributed by atoms with E-state index in [9.17, 15) is 18.0 Å². The molecule has 2 aromatic rings. The van der Waals surface area contributed by atoms with Crippen molar-refractivity contribution >= 4 is 17.3 Å². The van der Waals surface area contributed by atoms with E-state index >= 15 is 0 Å². The van der Waals surface area contributed by atoms with Gasteiger partial charge in [-0.25, -0.2) is 0 Å². The summed E-state index contributed by atoms with van der Waals surface area (Å²) in [5.74, 6) is -0.506. The molecular formula is C18H14F3N3O. The summed E-state index contributed by atoms with van der Waals surface area (Å²) in [5, 5.41) is 14.5. The molecule has 0 saturated carbocycles. The van der Waals surface area contributed by atoms with Crippen LogP contribution in [0, 0.1) is 11.3 Å². The number of aryl methyl sites for hydroxylation is 1. The maximum absolute atomic E-state index is 13.0. The third kappa shape index (κ3) is 3.58. The molecule has 1 amide bonds. The first kappa shape index (κ1) is 16.8. The zero-order valence-electron chi connectivity index (χ0n) is 13.1. The van der Waals surface area contributed by atoms with Crippen LogP contribution in [0.2, 0.25) is 0 Å². The second kappa shape index (κ2) is 6.48. The van der Waals surface area contributed by atoms with E-state index in [1.54, 1.807) is 12.1 Å². The summed E-state index contributed by atoms with van der Waals surface area (Å²) in [6.07, 6.45) is -2.72. The van der Waals surface area contributed by atoms with E-state index in [2.05, 4.69) is 10.6 Å². The van der Waals surface area contributed by atoms with Gasteiger partial charge in [0.2, 0.25) is 0 Å². The average Bonchev–Trinajstić information content (AvgIpc) is 2.60. The first-order valence-electron chi connectivity index (χ1n) is 7.68. The molecule has 0 atom stereocenters. The number of nitrogens with one attached hydrogen (secondary N) is 2. The summed E-state index contributed by atoms with van der Waals surface area (Å²) in [6.45, 7) is 0.822. The maximum Gasteiger partial charge on any atom is 0.417 e. The van der Waals surface area contributed by atoms with Gasteiger partial charge >= 0.3 is 6.18 Å². The number of amides is 1. The quantitative estimate of drug-likeness (QED) is 0.858. The topological polar surface area (TPSA) is 64.9 Å². The number of nitriles is 1. The van der Waals surface area contributed by atoms with Gasteiger partial charge in [-0.2, -0.15) is 18.4 Å². The van der Waals surface area contributed by atoms with Crippen molar-refractivity contribution in [3.05, 3.63) is 58.7 Å². The van der Waals surface area contributed by atoms with E-state index < -0.39 is 23.2 Å². The van der Waals surface area contributed by atoms with Crippen LogP contribution in [0.5, 0.6) is 0 Å². The molecule has 1 heterocycles. The Morgan fingerprint density at radius 3 is 2.72 bits per heavy atom. The fraction of sp³-hybridized carbons (Fsp3) is 0.222. The molecule has 0 spiro atoms. The van der Waals surface area contributed by atoms with Gasteiger partial charge in [-0.3, -0.25) is 4.79 Å². The SMILES string of the molecule is N#Cc1ccc(NC(=O)c2ccc3c(c2)NCCC3)cc1C(F)(F)F. The van der Waals surface area contributed by atoms with Crippen LogP contribution in [-0.4, -0.2) is 12.5 Å². The Labute approximate surface area is 142 Å². The smallest absolute Gasteiger partial charge is 0.385 e. The third-order valence-electron chi connectivity index (χ3n) is 4.01. The van der Waals surface area contributed by atoms with E-state index in [1.807, 2.05) is 6.07 Å². The number of anilines is 2. The summed E-state index contributed by atoms with van der Waals surface area (Å²) in [7, 11) is 0. The number of hydrogen-bond acceptors (Lipinski definition) is 3. The van der Waals surface area contributed by atoms with Gasteiger partial charge in [0.25, 0.3) is 5.91 Å². The average molecular weight is 345 g/mol. The molecule has 25 heavy (non-hydrogen) atoms. The molecule has 0 aromatic heterocycles. The summed E-state index contributed by atoms with van der Waals surface area (Å²) in [4.78, 5) is 12.3. The fourth-order valence-corrected chi connectivity index (χ4v) is 2.76. The molecular weight excluding hydrogens is 331 g/mol. The molecule has 0 fully saturated rings. The Bertz CT molecular complexity index is 869. The van der Waals surface area contributed by atoms with Crippen LogP contribution in [0.15, 0.2) is 36.4 Å². The van der Waals surface area contributed by atoms with Crippen LogP contribution in [0.25, 0.3) is 0 Å². The van der Waals surface area contributed by atoms with Gasteiger partial charge in [0.1, 0.15) is 0 Å². The van der Waals surface area contributed by atoms with Gasteiger partial charge in [0.05, 0.1) is 17.2 Å². The highest BCUT2D eigenvalue weighted by atomic mass is 19.4. The summed E-state index contributed by atoms with van der Waals surface area (Å²) < 4.78 is 39.0. The van der Waals surface area contributed by atoms with Crippen LogP contribution >= 0.6 is 0 Å². The van der Waals surface area contributed by atoms with Crippen molar-refractivity contribution in [1.29, 1.82) is 5.26 Å². The van der Waals surface area contributed by atoms with Crippen molar-refractivity contribution < 1.29 is 18.0 Å². The lowest BCUT2D eigenvalue weighted by Crippen LogP contribution is -2.16. The molecule has 0 radical (unpaired) electrons. The minimum absolute atomic E-state index is 0.0120. The lowest BCUT2D eigenvalue weighted by molar-refractivity contribution is -0.137. The largest absolute Gasteiger partial charge is 0.417 e. The van der Waals surface area contributed by atoms with Crippen LogP contribution in [0.1, 0.15) is 33.5 Å². The third-order valence-corrected chi connectivity index (χ3v) is 4.01. The molecule has 2 N–H and O–H groups in total. The zero-order valence-corrected chi connectivity index (χ0v) is 13.1. The van der Waals surface area contributed by atoms with Crippen LogP contribution < -0.4 is 10.6 Å². The van der Waals surface area contributed by atoms with E-state index in [4.69, 9.17) is 5.26 Å². The normalized spacial score (nSPS) is 13.4. The predicted octanol–water partition coefficient (Wildman–Crippen LogP) is 4.19. The Morgan fingerprint density at radius 2 is 2.00 bits per heavy atom. The van der Waals surface area contributed by atoms with Crippen molar-refractivity contribution in [3.8, 4) is 6.07 Å². The van der Waals surface area contributed by atoms with E-state index in [-0.39, 0.29) is 5.69 Å². The molecule has 7 heteroatoms. The Balaban J connectivity index is 1.85. The van der Waals surface area contributed by atoms with Crippen molar-refractivity contribution in [3.63, 3.8) is 0 Å². The van der Waals surface area contributed by atoms with Crippen molar-refractivity contribution in [2.45, 2.75) is 19.0 Å². The molecule has 0 saturated heterocycles. The van der Waals surface area contributed by atoms with Gasteiger partial charge < -0.3 is 10.6 Å². The monoisotopic (exact) mass is 345 g/mol. The molecule has 1 aliphatic rings. The van der Waals surface area contributed by atoms with E-state index in [0.717, 1.165) is 42.8 Å². The van der Waals surface area contributed by atoms with Crippen LogP contribution in [0.3, 0.4) is 0 Å². The molecule has 0 unspecified atom stereocenters. The number of nitrogens with zero attached hydrogens (tertiary/aromatic N) is 1. The van der Waals surface area contributed by atoms with Crippen molar-refractivity contribution in [2.75, 3.05) is 17.2 Å². The highest BCUT2D eigenvalue weighted by Crippen LogP contribution is 2.33. The zero-order chi connectivity index (χ0) is 18.0. The lowest BCUT2D eigenvalue weighted by atomic mass is 10.0. The minimum Gasteiger partial charge on any atom is -0.385 e. The van der Waals surface area contributed by atoms with Gasteiger partial charge in [-0.15, -0.1) is 0 Å². The molecule has 0 aliphatic carbocycles. The molecule has 4 nitrogen and oxygen atoms in total. The number of carbonyl (C=O) groups excluding carboxylic acids is 1. The molecule has 0 bridgehead atoms. The molecule has 3 rings (SSSR count). The Morgan fingerprint density at radius 1 is 1.20 bits per heavy atom. The fourth-order valence-electron chi connectivity index (χ4n) is 2.76. The number of alkyl halides is 3. The second-order valence-corrected chi connectivity index (χ2v) is 5.73. The Kier molecular flexibility index (Phi) is 4.36. The maximum atomic E-state index is 13.0. The van der Waals surface area contributed by atoms with E-state index in [0.29, 0.717) is 5.56 Å².